The van der Waals surface area contributed by atoms with Gasteiger partial charge in [0.05, 0.1) is 0 Å². The quantitative estimate of drug-likeness (QED) is 0.654. The van der Waals surface area contributed by atoms with Gasteiger partial charge in [-0.15, -0.1) is 11.8 Å². The summed E-state index contributed by atoms with van der Waals surface area (Å²) < 4.78 is 40.2. The molecular weight excluding hydrogens is 415 g/mol. The van der Waals surface area contributed by atoms with Crippen LogP contribution in [-0.2, 0) is 22.6 Å². The maximum atomic E-state index is 13.8. The number of thioether (sulfide) groups is 1. The summed E-state index contributed by atoms with van der Waals surface area (Å²) in [6.07, 6.45) is -0.269. The second-order valence-corrected chi connectivity index (χ2v) is 8.15. The van der Waals surface area contributed by atoms with Crippen molar-refractivity contribution in [2.75, 3.05) is 12.3 Å². The van der Waals surface area contributed by atoms with Gasteiger partial charge in [0.1, 0.15) is 5.82 Å². The van der Waals surface area contributed by atoms with Gasteiger partial charge in [0, 0.05) is 37.4 Å². The van der Waals surface area contributed by atoms with Crippen LogP contribution in [0.15, 0.2) is 36.4 Å². The lowest BCUT2D eigenvalue weighted by atomic mass is 10.0. The second-order valence-electron chi connectivity index (χ2n) is 6.96. The molecular formula is C21H21F3N3O2S. The predicted molar refractivity (Wildman–Crippen MR) is 108 cm³/mol. The van der Waals surface area contributed by atoms with Crippen molar-refractivity contribution in [2.24, 2.45) is 5.73 Å². The Morgan fingerprint density at radius 2 is 1.90 bits per heavy atom. The van der Waals surface area contributed by atoms with Gasteiger partial charge < -0.3 is 16.0 Å². The van der Waals surface area contributed by atoms with Crippen LogP contribution in [-0.4, -0.2) is 40.4 Å². The van der Waals surface area contributed by atoms with Crippen molar-refractivity contribution in [1.82, 2.24) is 10.2 Å². The third-order valence-corrected chi connectivity index (χ3v) is 5.90. The van der Waals surface area contributed by atoms with E-state index in [2.05, 4.69) is 11.4 Å². The van der Waals surface area contributed by atoms with Crippen LogP contribution in [0.3, 0.4) is 0 Å². The van der Waals surface area contributed by atoms with E-state index in [0.29, 0.717) is 24.9 Å². The normalized spacial score (nSPS) is 17.1. The molecule has 1 radical (unpaired) electrons. The van der Waals surface area contributed by atoms with E-state index in [1.807, 2.05) is 12.1 Å². The van der Waals surface area contributed by atoms with Crippen LogP contribution in [0.1, 0.15) is 17.5 Å². The summed E-state index contributed by atoms with van der Waals surface area (Å²) in [6.45, 7) is 0.732. The summed E-state index contributed by atoms with van der Waals surface area (Å²) in [5, 5.41) is 2.15. The van der Waals surface area contributed by atoms with Gasteiger partial charge in [-0.3, -0.25) is 9.59 Å². The molecule has 1 unspecified atom stereocenters. The first-order chi connectivity index (χ1) is 14.3. The van der Waals surface area contributed by atoms with Gasteiger partial charge in [0.15, 0.2) is 17.0 Å². The molecule has 1 fully saturated rings. The molecule has 3 N–H and O–H groups in total. The molecule has 159 valence electrons. The Kier molecular flexibility index (Phi) is 7.38. The highest BCUT2D eigenvalue weighted by molar-refractivity contribution is 8.00. The van der Waals surface area contributed by atoms with Crippen LogP contribution in [0.4, 0.5) is 13.2 Å². The first kappa shape index (κ1) is 22.2. The molecule has 3 rings (SSSR count). The number of amides is 2. The molecule has 0 aromatic heterocycles. The lowest BCUT2D eigenvalue weighted by Gasteiger charge is -2.24. The number of hydrogen-bond acceptors (Lipinski definition) is 4. The number of nitrogens with one attached hydrogen (secondary N) is 1. The number of nitrogens with two attached hydrogens (primary N) is 1. The number of halogens is 3. The molecule has 2 atom stereocenters. The minimum Gasteiger partial charge on any atom is -0.349 e. The zero-order chi connectivity index (χ0) is 21.7. The zero-order valence-electron chi connectivity index (χ0n) is 16.0. The van der Waals surface area contributed by atoms with Crippen molar-refractivity contribution in [3.05, 3.63) is 71.0 Å². The number of nitrogens with zero attached hydrogens (tertiary/aromatic N) is 1. The van der Waals surface area contributed by atoms with E-state index in [9.17, 15) is 22.8 Å². The first-order valence-corrected chi connectivity index (χ1v) is 10.4. The fourth-order valence-electron chi connectivity index (χ4n) is 3.17. The van der Waals surface area contributed by atoms with Gasteiger partial charge in [-0.2, -0.15) is 0 Å². The molecule has 1 aliphatic rings. The van der Waals surface area contributed by atoms with Gasteiger partial charge >= 0.3 is 0 Å². The number of carbonyl (C=O) groups excluding carboxylic acids is 2. The molecule has 2 aromatic rings. The molecule has 30 heavy (non-hydrogen) atoms. The Morgan fingerprint density at radius 1 is 1.20 bits per heavy atom. The fraction of sp³-hybridized carbons (Fsp3) is 0.333. The Labute approximate surface area is 176 Å². The largest absolute Gasteiger partial charge is 0.349 e. The first-order valence-electron chi connectivity index (χ1n) is 9.38. The van der Waals surface area contributed by atoms with Crippen molar-refractivity contribution >= 4 is 23.6 Å². The molecule has 0 aliphatic carbocycles. The Hall–Kier alpha value is -2.52. The number of rotatable bonds is 7. The van der Waals surface area contributed by atoms with Crippen LogP contribution in [0.25, 0.3) is 0 Å². The summed E-state index contributed by atoms with van der Waals surface area (Å²) in [5.41, 5.74) is 6.76. The average molecular weight is 436 g/mol. The third-order valence-electron chi connectivity index (χ3n) is 4.70. The Morgan fingerprint density at radius 3 is 2.63 bits per heavy atom. The van der Waals surface area contributed by atoms with Crippen molar-refractivity contribution in [3.63, 3.8) is 0 Å². The van der Waals surface area contributed by atoms with Gasteiger partial charge in [-0.05, 0) is 29.7 Å². The van der Waals surface area contributed by atoms with Crippen LogP contribution in [0.5, 0.6) is 0 Å². The minimum atomic E-state index is -1.28. The minimum absolute atomic E-state index is 0.0978. The fourth-order valence-corrected chi connectivity index (χ4v) is 4.34. The van der Waals surface area contributed by atoms with E-state index in [0.717, 1.165) is 11.6 Å². The summed E-state index contributed by atoms with van der Waals surface area (Å²) in [4.78, 5) is 26.6. The van der Waals surface area contributed by atoms with E-state index in [4.69, 9.17) is 5.73 Å². The topological polar surface area (TPSA) is 75.4 Å². The summed E-state index contributed by atoms with van der Waals surface area (Å²) in [6, 6.07) is 10.5. The van der Waals surface area contributed by atoms with Crippen LogP contribution in [0, 0.1) is 23.5 Å². The molecule has 2 aromatic carbocycles. The smallest absolute Gasteiger partial charge is 0.253 e. The van der Waals surface area contributed by atoms with Crippen molar-refractivity contribution in [1.29, 1.82) is 0 Å². The summed E-state index contributed by atoms with van der Waals surface area (Å²) in [7, 11) is 0. The molecule has 2 amide bonds. The van der Waals surface area contributed by atoms with Crippen LogP contribution < -0.4 is 11.1 Å². The molecule has 0 saturated carbocycles. The molecule has 1 heterocycles. The molecule has 1 saturated heterocycles. The van der Waals surface area contributed by atoms with Crippen molar-refractivity contribution < 1.29 is 22.8 Å². The van der Waals surface area contributed by atoms with Gasteiger partial charge in [0.2, 0.25) is 5.91 Å². The van der Waals surface area contributed by atoms with E-state index in [1.54, 1.807) is 12.1 Å². The lowest BCUT2D eigenvalue weighted by Crippen LogP contribution is -2.46. The lowest BCUT2D eigenvalue weighted by molar-refractivity contribution is -0.136. The molecule has 1 aliphatic heterocycles. The summed E-state index contributed by atoms with van der Waals surface area (Å²) in [5.74, 6) is -3.38. The predicted octanol–water partition coefficient (Wildman–Crippen LogP) is 2.38. The van der Waals surface area contributed by atoms with Gasteiger partial charge in [0.25, 0.3) is 5.91 Å². The monoisotopic (exact) mass is 436 g/mol. The zero-order valence-corrected chi connectivity index (χ0v) is 16.9. The van der Waals surface area contributed by atoms with Crippen molar-refractivity contribution in [2.45, 2.75) is 30.8 Å². The highest BCUT2D eigenvalue weighted by atomic mass is 32.2. The average Bonchev–Trinajstić information content (AvgIpc) is 3.21. The highest BCUT2D eigenvalue weighted by Crippen LogP contribution is 2.25. The number of hydrogen-bond donors (Lipinski definition) is 2. The molecule has 0 spiro atoms. The summed E-state index contributed by atoms with van der Waals surface area (Å²) >= 11 is 1.35. The number of carbonyl (C=O) groups is 2. The van der Waals surface area contributed by atoms with E-state index < -0.39 is 28.9 Å². The maximum absolute atomic E-state index is 13.8. The van der Waals surface area contributed by atoms with E-state index in [1.165, 1.54) is 16.7 Å². The maximum Gasteiger partial charge on any atom is 0.253 e. The van der Waals surface area contributed by atoms with E-state index in [-0.39, 0.29) is 30.2 Å². The molecule has 5 nitrogen and oxygen atoms in total. The highest BCUT2D eigenvalue weighted by Gasteiger charge is 2.35. The van der Waals surface area contributed by atoms with Crippen LogP contribution in [0.2, 0.25) is 0 Å². The molecule has 9 heteroatoms. The standard InChI is InChI=1S/C21H21F3N3O2S/c22-16-11-18(24)17(23)9-14(16)8-15(25)10-19(28)27-6-7-30-21(27)20(29)26-12-13-4-2-1-3-5-13/h2-5,9,11,15,21H,6-8,10,12,25H2,(H,26,29)/t15-,21?/m1/s1. The molecule has 0 bridgehead atoms. The Bertz CT molecular complexity index is 914. The van der Waals surface area contributed by atoms with Gasteiger partial charge in [-0.1, -0.05) is 24.3 Å². The third kappa shape index (κ3) is 5.54. The second kappa shape index (κ2) is 9.99. The van der Waals surface area contributed by atoms with Gasteiger partial charge in [-0.25, -0.2) is 13.2 Å². The SMILES string of the molecule is N[C@@H](CC(=O)N1CCSC1C(=O)NCc1cc[c]cc1)Cc1cc(F)c(F)cc1F. The Balaban J connectivity index is 1.56. The number of benzene rings is 2. The van der Waals surface area contributed by atoms with E-state index >= 15 is 0 Å². The van der Waals surface area contributed by atoms with Crippen molar-refractivity contribution in [3.8, 4) is 0 Å². The van der Waals surface area contributed by atoms with Crippen LogP contribution >= 0.6 is 11.8 Å².